The second kappa shape index (κ2) is 4.79. The number of nitrogen functional groups attached to an aromatic ring is 2. The fourth-order valence-corrected chi connectivity index (χ4v) is 1.98. The van der Waals surface area contributed by atoms with Gasteiger partial charge >= 0.3 is 0 Å². The van der Waals surface area contributed by atoms with Gasteiger partial charge in [-0.2, -0.15) is 0 Å². The molecule has 0 atom stereocenters. The number of imidazole rings is 1. The maximum Gasteiger partial charge on any atom is 0.150 e. The van der Waals surface area contributed by atoms with Gasteiger partial charge in [0.2, 0.25) is 0 Å². The van der Waals surface area contributed by atoms with E-state index in [0.29, 0.717) is 5.82 Å². The Bertz CT molecular complexity index is 516. The highest BCUT2D eigenvalue weighted by atomic mass is 79.9. The first-order chi connectivity index (χ1) is 8.13. The summed E-state index contributed by atoms with van der Waals surface area (Å²) in [5, 5.41) is 0. The summed E-state index contributed by atoms with van der Waals surface area (Å²) in [4.78, 5) is 4.50. The van der Waals surface area contributed by atoms with Crippen molar-refractivity contribution in [3.63, 3.8) is 0 Å². The zero-order valence-electron chi connectivity index (χ0n) is 9.65. The quantitative estimate of drug-likeness (QED) is 0.855. The summed E-state index contributed by atoms with van der Waals surface area (Å²) in [5.41, 5.74) is 7.70. The Morgan fingerprint density at radius 2 is 1.94 bits per heavy atom. The lowest BCUT2D eigenvalue weighted by atomic mass is 10.1. The van der Waals surface area contributed by atoms with Gasteiger partial charge < -0.3 is 11.6 Å². The number of nitrogens with two attached hydrogens (primary N) is 2. The normalized spacial score (nSPS) is 10.7. The number of aromatic nitrogens is 2. The first-order valence-electron chi connectivity index (χ1n) is 5.51. The average Bonchev–Trinajstić information content (AvgIpc) is 2.59. The number of hydrogen-bond donors (Lipinski definition) is 2. The van der Waals surface area contributed by atoms with Crippen LogP contribution in [0.3, 0.4) is 0 Å². The summed E-state index contributed by atoms with van der Waals surface area (Å²) in [6, 6.07) is 7.87. The van der Waals surface area contributed by atoms with Crippen LogP contribution in [0.5, 0.6) is 0 Å². The first-order valence-corrected chi connectivity index (χ1v) is 6.31. The number of nitrogens with zero attached hydrogens (tertiary/aromatic N) is 2. The first kappa shape index (κ1) is 12.0. The Morgan fingerprint density at radius 1 is 1.29 bits per heavy atom. The van der Waals surface area contributed by atoms with Crippen LogP contribution in [0.25, 0.3) is 11.3 Å². The predicted octanol–water partition coefficient (Wildman–Crippen LogP) is 2.56. The molecule has 0 saturated carbocycles. The molecule has 1 heterocycles. The summed E-state index contributed by atoms with van der Waals surface area (Å²) in [6.07, 6.45) is 1.82. The van der Waals surface area contributed by atoms with Gasteiger partial charge in [-0.3, -0.25) is 0 Å². The van der Waals surface area contributed by atoms with Crippen molar-refractivity contribution >= 4 is 21.7 Å². The molecule has 1 aromatic carbocycles. The predicted molar refractivity (Wildman–Crippen MR) is 73.9 cm³/mol. The van der Waals surface area contributed by atoms with Gasteiger partial charge in [0.1, 0.15) is 11.5 Å². The van der Waals surface area contributed by atoms with Crippen LogP contribution in [0.2, 0.25) is 0 Å². The highest BCUT2D eigenvalue weighted by molar-refractivity contribution is 9.10. The molecule has 0 radical (unpaired) electrons. The second-order valence-electron chi connectivity index (χ2n) is 3.89. The lowest BCUT2D eigenvalue weighted by Crippen LogP contribution is -2.15. The van der Waals surface area contributed by atoms with E-state index in [1.54, 1.807) is 0 Å². The summed E-state index contributed by atoms with van der Waals surface area (Å²) in [5.74, 6) is 7.21. The van der Waals surface area contributed by atoms with Gasteiger partial charge in [-0.25, -0.2) is 9.66 Å². The third kappa shape index (κ3) is 2.29. The van der Waals surface area contributed by atoms with Gasteiger partial charge in [0.05, 0.1) is 0 Å². The summed E-state index contributed by atoms with van der Waals surface area (Å²) < 4.78 is 2.50. The third-order valence-electron chi connectivity index (χ3n) is 2.61. The smallest absolute Gasteiger partial charge is 0.150 e. The van der Waals surface area contributed by atoms with Gasteiger partial charge in [-0.05, 0) is 18.6 Å². The number of rotatable bonds is 3. The second-order valence-corrected chi connectivity index (χ2v) is 4.80. The zero-order valence-corrected chi connectivity index (χ0v) is 11.2. The number of aryl methyl sites for hydroxylation is 1. The van der Waals surface area contributed by atoms with Crippen LogP contribution in [-0.2, 0) is 6.42 Å². The average molecular weight is 295 g/mol. The fraction of sp³-hybridized carbons (Fsp3) is 0.250. The molecule has 0 spiro atoms. The van der Waals surface area contributed by atoms with Crippen molar-refractivity contribution in [1.82, 2.24) is 9.66 Å². The maximum absolute atomic E-state index is 5.97. The molecule has 0 saturated heterocycles. The minimum Gasteiger partial charge on any atom is -0.382 e. The number of anilines is 1. The largest absolute Gasteiger partial charge is 0.382 e. The minimum atomic E-state index is 0.510. The van der Waals surface area contributed by atoms with E-state index in [9.17, 15) is 0 Å². The molecular formula is C12H15BrN4. The monoisotopic (exact) mass is 294 g/mol. The Hall–Kier alpha value is -1.49. The molecular weight excluding hydrogens is 280 g/mol. The molecule has 1 aromatic heterocycles. The van der Waals surface area contributed by atoms with Crippen LogP contribution >= 0.6 is 15.9 Å². The van der Waals surface area contributed by atoms with Crippen LogP contribution in [0, 0.1) is 0 Å². The van der Waals surface area contributed by atoms with Gasteiger partial charge in [-0.1, -0.05) is 35.0 Å². The minimum absolute atomic E-state index is 0.510. The molecule has 2 aromatic rings. The van der Waals surface area contributed by atoms with Crippen molar-refractivity contribution in [3.05, 3.63) is 34.6 Å². The van der Waals surface area contributed by atoms with Crippen LogP contribution in [-0.4, -0.2) is 9.66 Å². The summed E-state index contributed by atoms with van der Waals surface area (Å²) >= 11 is 3.40. The lowest BCUT2D eigenvalue weighted by molar-refractivity contribution is 0.794. The Kier molecular flexibility index (Phi) is 3.38. The molecule has 4 nitrogen and oxygen atoms in total. The molecule has 17 heavy (non-hydrogen) atoms. The van der Waals surface area contributed by atoms with E-state index < -0.39 is 0 Å². The van der Waals surface area contributed by atoms with Crippen molar-refractivity contribution in [1.29, 1.82) is 0 Å². The Morgan fingerprint density at radius 3 is 2.53 bits per heavy atom. The molecule has 0 amide bonds. The molecule has 0 bridgehead atoms. The van der Waals surface area contributed by atoms with Gasteiger partial charge in [0.25, 0.3) is 0 Å². The summed E-state index contributed by atoms with van der Waals surface area (Å²) in [7, 11) is 0. The molecule has 5 heteroatoms. The standard InChI is InChI=1S/C12H15BrN4/c1-2-3-10-16-11(12(14)17(10)15)8-4-6-9(13)7-5-8/h4-7H,2-3,14-15H2,1H3. The molecule has 0 unspecified atom stereocenters. The van der Waals surface area contributed by atoms with E-state index in [4.69, 9.17) is 11.6 Å². The molecule has 90 valence electrons. The van der Waals surface area contributed by atoms with E-state index in [0.717, 1.165) is 34.4 Å². The topological polar surface area (TPSA) is 69.9 Å². The lowest BCUT2D eigenvalue weighted by Gasteiger charge is -2.01. The number of benzene rings is 1. The highest BCUT2D eigenvalue weighted by Crippen LogP contribution is 2.26. The van der Waals surface area contributed by atoms with Gasteiger partial charge in [0.15, 0.2) is 5.82 Å². The Labute approximate surface area is 109 Å². The molecule has 0 aliphatic rings. The molecule has 4 N–H and O–H groups in total. The SMILES string of the molecule is CCCc1nc(-c2ccc(Br)cc2)c(N)n1N. The van der Waals surface area contributed by atoms with Crippen molar-refractivity contribution in [2.24, 2.45) is 0 Å². The van der Waals surface area contributed by atoms with E-state index in [-0.39, 0.29) is 0 Å². The van der Waals surface area contributed by atoms with Gasteiger partial charge in [-0.15, -0.1) is 0 Å². The van der Waals surface area contributed by atoms with E-state index in [1.807, 2.05) is 24.3 Å². The zero-order chi connectivity index (χ0) is 12.4. The van der Waals surface area contributed by atoms with Crippen molar-refractivity contribution in [3.8, 4) is 11.3 Å². The molecule has 0 aliphatic heterocycles. The summed E-state index contributed by atoms with van der Waals surface area (Å²) in [6.45, 7) is 2.09. The van der Waals surface area contributed by atoms with Crippen LogP contribution in [0.1, 0.15) is 19.2 Å². The van der Waals surface area contributed by atoms with Gasteiger partial charge in [0, 0.05) is 16.5 Å². The third-order valence-corrected chi connectivity index (χ3v) is 3.14. The molecule has 0 aliphatic carbocycles. The van der Waals surface area contributed by atoms with Crippen LogP contribution in [0.15, 0.2) is 28.7 Å². The number of hydrogen-bond acceptors (Lipinski definition) is 3. The van der Waals surface area contributed by atoms with Crippen LogP contribution < -0.4 is 11.6 Å². The van der Waals surface area contributed by atoms with Crippen LogP contribution in [0.4, 0.5) is 5.82 Å². The maximum atomic E-state index is 5.97. The van der Waals surface area contributed by atoms with Crippen molar-refractivity contribution < 1.29 is 0 Å². The highest BCUT2D eigenvalue weighted by Gasteiger charge is 2.13. The van der Waals surface area contributed by atoms with Crippen molar-refractivity contribution in [2.75, 3.05) is 11.6 Å². The molecule has 2 rings (SSSR count). The van der Waals surface area contributed by atoms with Crippen molar-refractivity contribution in [2.45, 2.75) is 19.8 Å². The number of halogens is 1. The van der Waals surface area contributed by atoms with E-state index in [1.165, 1.54) is 4.68 Å². The molecule has 0 fully saturated rings. The van der Waals surface area contributed by atoms with E-state index in [2.05, 4.69) is 27.8 Å². The van der Waals surface area contributed by atoms with E-state index >= 15 is 0 Å². The fourth-order valence-electron chi connectivity index (χ4n) is 1.71. The Balaban J connectivity index is 2.45.